The molecule has 1 aliphatic rings. The molecule has 1 aliphatic heterocycles. The SMILES string of the molecule is COc1c(Nc2cc(C)[nH]n2)nc(Sc2ccc(S(=O)(=O)Cc3cccc(C)c3F)cc2F)nc1N1CCCCC1. The Morgan fingerprint density at radius 1 is 1.07 bits per heavy atom. The summed E-state index contributed by atoms with van der Waals surface area (Å²) in [5.74, 6) is 0.0233. The van der Waals surface area contributed by atoms with E-state index in [4.69, 9.17) is 9.72 Å². The maximum atomic E-state index is 15.3. The largest absolute Gasteiger partial charge is 0.490 e. The molecule has 0 amide bonds. The molecule has 0 unspecified atom stereocenters. The minimum atomic E-state index is -4.00. The van der Waals surface area contributed by atoms with Gasteiger partial charge in [0.15, 0.2) is 32.4 Å². The van der Waals surface area contributed by atoms with E-state index in [1.54, 1.807) is 26.2 Å². The molecule has 1 saturated heterocycles. The Morgan fingerprint density at radius 2 is 1.85 bits per heavy atom. The first kappa shape index (κ1) is 28.8. The summed E-state index contributed by atoms with van der Waals surface area (Å²) in [6.45, 7) is 5.02. The molecule has 1 fully saturated rings. The first-order chi connectivity index (χ1) is 19.6. The average Bonchev–Trinajstić information content (AvgIpc) is 3.36. The number of rotatable bonds is 9. The number of aromatic nitrogens is 4. The van der Waals surface area contributed by atoms with Gasteiger partial charge >= 0.3 is 0 Å². The van der Waals surface area contributed by atoms with Gasteiger partial charge in [-0.15, -0.1) is 0 Å². The number of sulfone groups is 1. The molecule has 0 spiro atoms. The lowest BCUT2D eigenvalue weighted by Gasteiger charge is -2.29. The third kappa shape index (κ3) is 6.46. The van der Waals surface area contributed by atoms with Crippen LogP contribution >= 0.6 is 11.8 Å². The highest BCUT2D eigenvalue weighted by Gasteiger charge is 2.25. The van der Waals surface area contributed by atoms with Crippen LogP contribution in [-0.2, 0) is 15.6 Å². The van der Waals surface area contributed by atoms with Gasteiger partial charge in [0.25, 0.3) is 0 Å². The lowest BCUT2D eigenvalue weighted by Crippen LogP contribution is -2.31. The van der Waals surface area contributed by atoms with Crippen LogP contribution in [0.3, 0.4) is 0 Å². The molecule has 216 valence electrons. The zero-order chi connectivity index (χ0) is 29.1. The molecule has 9 nitrogen and oxygen atoms in total. The highest BCUT2D eigenvalue weighted by Crippen LogP contribution is 2.39. The van der Waals surface area contributed by atoms with Crippen molar-refractivity contribution in [3.63, 3.8) is 0 Å². The van der Waals surface area contributed by atoms with Gasteiger partial charge in [0.2, 0.25) is 5.75 Å². The van der Waals surface area contributed by atoms with E-state index in [0.29, 0.717) is 28.8 Å². The van der Waals surface area contributed by atoms with Gasteiger partial charge in [-0.1, -0.05) is 18.2 Å². The van der Waals surface area contributed by atoms with Crippen molar-refractivity contribution in [2.24, 2.45) is 0 Å². The summed E-state index contributed by atoms with van der Waals surface area (Å²) >= 11 is 0.967. The summed E-state index contributed by atoms with van der Waals surface area (Å²) in [6.07, 6.45) is 3.14. The molecule has 0 radical (unpaired) electrons. The number of nitrogens with zero attached hydrogens (tertiary/aromatic N) is 4. The summed E-state index contributed by atoms with van der Waals surface area (Å²) < 4.78 is 61.5. The van der Waals surface area contributed by atoms with Gasteiger partial charge in [-0.3, -0.25) is 5.10 Å². The Hall–Kier alpha value is -3.71. The fraction of sp³-hybridized carbons (Fsp3) is 0.321. The fourth-order valence-corrected chi connectivity index (χ4v) is 6.74. The van der Waals surface area contributed by atoms with Crippen molar-refractivity contribution in [1.82, 2.24) is 20.2 Å². The van der Waals surface area contributed by atoms with Crippen molar-refractivity contribution in [2.45, 2.75) is 53.8 Å². The summed E-state index contributed by atoms with van der Waals surface area (Å²) in [5.41, 5.74) is 1.23. The molecule has 41 heavy (non-hydrogen) atoms. The Balaban J connectivity index is 1.46. The van der Waals surface area contributed by atoms with Gasteiger partial charge in [0, 0.05) is 30.4 Å². The van der Waals surface area contributed by atoms with E-state index in [-0.39, 0.29) is 20.5 Å². The van der Waals surface area contributed by atoms with Crippen LogP contribution in [0.5, 0.6) is 5.75 Å². The minimum absolute atomic E-state index is 0.0351. The molecule has 5 rings (SSSR count). The van der Waals surface area contributed by atoms with Crippen LogP contribution in [0.25, 0.3) is 0 Å². The van der Waals surface area contributed by atoms with E-state index < -0.39 is 27.2 Å². The number of ether oxygens (including phenoxy) is 1. The quantitative estimate of drug-likeness (QED) is 0.225. The van der Waals surface area contributed by atoms with E-state index in [0.717, 1.165) is 55.9 Å². The molecule has 0 atom stereocenters. The van der Waals surface area contributed by atoms with Crippen molar-refractivity contribution >= 4 is 39.1 Å². The number of methoxy groups -OCH3 is 1. The van der Waals surface area contributed by atoms with Crippen molar-refractivity contribution in [3.8, 4) is 5.75 Å². The van der Waals surface area contributed by atoms with Crippen LogP contribution in [0.15, 0.2) is 57.4 Å². The summed E-state index contributed by atoms with van der Waals surface area (Å²) in [7, 11) is -2.45. The second-order valence-corrected chi connectivity index (χ2v) is 12.8. The first-order valence-corrected chi connectivity index (χ1v) is 15.6. The molecule has 0 saturated carbocycles. The molecular formula is C28H30F2N6O3S2. The number of H-pyrrole nitrogens is 1. The lowest BCUT2D eigenvalue weighted by atomic mass is 10.1. The average molecular weight is 601 g/mol. The smallest absolute Gasteiger partial charge is 0.204 e. The number of anilines is 3. The lowest BCUT2D eigenvalue weighted by molar-refractivity contribution is 0.409. The number of nitrogens with one attached hydrogen (secondary N) is 2. The molecule has 3 heterocycles. The molecular weight excluding hydrogens is 570 g/mol. The predicted octanol–water partition coefficient (Wildman–Crippen LogP) is 5.96. The predicted molar refractivity (Wildman–Crippen MR) is 154 cm³/mol. The van der Waals surface area contributed by atoms with Crippen LogP contribution in [0.2, 0.25) is 0 Å². The molecule has 2 aromatic heterocycles. The molecule has 2 N–H and O–H groups in total. The minimum Gasteiger partial charge on any atom is -0.490 e. The maximum absolute atomic E-state index is 15.3. The van der Waals surface area contributed by atoms with Gasteiger partial charge in [0.05, 0.1) is 22.7 Å². The van der Waals surface area contributed by atoms with Crippen LogP contribution in [0, 0.1) is 25.5 Å². The Morgan fingerprint density at radius 3 is 2.54 bits per heavy atom. The van der Waals surface area contributed by atoms with Crippen LogP contribution in [0.1, 0.15) is 36.1 Å². The zero-order valence-electron chi connectivity index (χ0n) is 22.9. The van der Waals surface area contributed by atoms with E-state index in [1.807, 2.05) is 13.0 Å². The molecule has 13 heteroatoms. The second-order valence-electron chi connectivity index (χ2n) is 9.82. The molecule has 2 aromatic carbocycles. The van der Waals surface area contributed by atoms with Crippen molar-refractivity contribution in [2.75, 3.05) is 30.4 Å². The second kappa shape index (κ2) is 12.0. The number of aryl methyl sites for hydroxylation is 2. The normalized spacial score (nSPS) is 13.8. The Labute approximate surface area is 241 Å². The highest BCUT2D eigenvalue weighted by atomic mass is 32.2. The van der Waals surface area contributed by atoms with Crippen LogP contribution in [0.4, 0.5) is 26.2 Å². The fourth-order valence-electron chi connectivity index (χ4n) is 4.62. The number of halogens is 2. The molecule has 0 bridgehead atoms. The monoisotopic (exact) mass is 600 g/mol. The Bertz CT molecular complexity index is 1670. The third-order valence-corrected chi connectivity index (χ3v) is 9.30. The standard InChI is InChI=1S/C28H30F2N6O3S2/c1-17-8-7-9-19(24(17)30)16-41(37,38)20-10-11-22(21(29)15-20)40-28-32-26(31-23-14-18(2)34-35-23)25(39-3)27(33-28)36-12-5-4-6-13-36/h7-11,14-15H,4-6,12-13,16H2,1-3H3,(H2,31,32,33,34,35). The van der Waals surface area contributed by atoms with Crippen molar-refractivity contribution in [3.05, 3.63) is 70.9 Å². The number of aromatic amines is 1. The number of benzene rings is 2. The maximum Gasteiger partial charge on any atom is 0.204 e. The summed E-state index contributed by atoms with van der Waals surface area (Å²) in [4.78, 5) is 11.3. The topological polar surface area (TPSA) is 113 Å². The van der Waals surface area contributed by atoms with Crippen molar-refractivity contribution in [1.29, 1.82) is 0 Å². The number of piperidine rings is 1. The van der Waals surface area contributed by atoms with Crippen LogP contribution in [-0.4, -0.2) is 48.8 Å². The van der Waals surface area contributed by atoms with Gasteiger partial charge in [0.1, 0.15) is 11.6 Å². The first-order valence-electron chi connectivity index (χ1n) is 13.1. The van der Waals surface area contributed by atoms with Gasteiger partial charge in [-0.2, -0.15) is 5.10 Å². The highest BCUT2D eigenvalue weighted by molar-refractivity contribution is 7.99. The van der Waals surface area contributed by atoms with Gasteiger partial charge < -0.3 is 15.0 Å². The van der Waals surface area contributed by atoms with E-state index in [1.165, 1.54) is 18.2 Å². The number of hydrogen-bond acceptors (Lipinski definition) is 9. The summed E-state index contributed by atoms with van der Waals surface area (Å²) in [6, 6.07) is 10.0. The van der Waals surface area contributed by atoms with Gasteiger partial charge in [-0.25, -0.2) is 27.2 Å². The summed E-state index contributed by atoms with van der Waals surface area (Å²) in [5, 5.41) is 10.5. The van der Waals surface area contributed by atoms with E-state index in [2.05, 4.69) is 25.4 Å². The Kier molecular flexibility index (Phi) is 8.45. The third-order valence-electron chi connectivity index (χ3n) is 6.72. The molecule has 4 aromatic rings. The van der Waals surface area contributed by atoms with Crippen molar-refractivity contribution < 1.29 is 21.9 Å². The molecule has 0 aliphatic carbocycles. The number of hydrogen-bond donors (Lipinski definition) is 2. The van der Waals surface area contributed by atoms with E-state index >= 15 is 4.39 Å². The zero-order valence-corrected chi connectivity index (χ0v) is 24.5. The van der Waals surface area contributed by atoms with Gasteiger partial charge in [-0.05, 0) is 68.6 Å². The van der Waals surface area contributed by atoms with E-state index in [9.17, 15) is 12.8 Å². The van der Waals surface area contributed by atoms with Crippen LogP contribution < -0.4 is 15.0 Å².